The van der Waals surface area contributed by atoms with E-state index in [1.54, 1.807) is 31.5 Å². The van der Waals surface area contributed by atoms with Crippen molar-refractivity contribution >= 4 is 17.5 Å². The maximum Gasteiger partial charge on any atom is 0.224 e. The van der Waals surface area contributed by atoms with Crippen LogP contribution in [-0.2, 0) is 6.42 Å². The van der Waals surface area contributed by atoms with E-state index in [2.05, 4.69) is 20.6 Å². The highest BCUT2D eigenvalue weighted by molar-refractivity contribution is 5.56. The summed E-state index contributed by atoms with van der Waals surface area (Å²) in [5, 5.41) is 6.25. The smallest absolute Gasteiger partial charge is 0.224 e. The van der Waals surface area contributed by atoms with Gasteiger partial charge in [0.15, 0.2) is 0 Å². The van der Waals surface area contributed by atoms with Crippen molar-refractivity contribution in [3.8, 4) is 5.75 Å². The molecule has 1 heterocycles. The lowest BCUT2D eigenvalue weighted by Crippen LogP contribution is -2.08. The minimum atomic E-state index is -0.296. The summed E-state index contributed by atoms with van der Waals surface area (Å²) >= 11 is 0. The standard InChI is InChI=1S/C19H19FN4O/c1-25-17-7-2-4-14(12-17)8-10-21-19-22-11-9-18(24-19)23-16-6-3-5-15(20)13-16/h2-7,9,11-13H,8,10H2,1H3,(H2,21,22,23,24). The van der Waals surface area contributed by atoms with Crippen molar-refractivity contribution < 1.29 is 9.13 Å². The van der Waals surface area contributed by atoms with E-state index in [1.807, 2.05) is 24.3 Å². The lowest BCUT2D eigenvalue weighted by molar-refractivity contribution is 0.414. The topological polar surface area (TPSA) is 59.1 Å². The minimum Gasteiger partial charge on any atom is -0.497 e. The molecule has 0 saturated carbocycles. The van der Waals surface area contributed by atoms with Gasteiger partial charge in [0.2, 0.25) is 5.95 Å². The first-order valence-corrected chi connectivity index (χ1v) is 7.95. The Bertz CT molecular complexity index is 841. The second-order valence-electron chi connectivity index (χ2n) is 5.43. The van der Waals surface area contributed by atoms with Gasteiger partial charge in [-0.1, -0.05) is 18.2 Å². The highest BCUT2D eigenvalue weighted by Crippen LogP contribution is 2.16. The van der Waals surface area contributed by atoms with E-state index in [-0.39, 0.29) is 5.82 Å². The SMILES string of the molecule is COc1cccc(CCNc2nccc(Nc3cccc(F)c3)n2)c1. The van der Waals surface area contributed by atoms with Crippen LogP contribution >= 0.6 is 0 Å². The second-order valence-corrected chi connectivity index (χ2v) is 5.43. The van der Waals surface area contributed by atoms with Gasteiger partial charge in [-0.05, 0) is 48.4 Å². The molecule has 2 aromatic carbocycles. The zero-order chi connectivity index (χ0) is 17.5. The number of halogens is 1. The Labute approximate surface area is 145 Å². The van der Waals surface area contributed by atoms with Gasteiger partial charge in [0.1, 0.15) is 17.4 Å². The van der Waals surface area contributed by atoms with Gasteiger partial charge in [-0.2, -0.15) is 4.98 Å². The number of aromatic nitrogens is 2. The first kappa shape index (κ1) is 16.7. The van der Waals surface area contributed by atoms with Crippen LogP contribution < -0.4 is 15.4 Å². The first-order chi connectivity index (χ1) is 12.2. The average Bonchev–Trinajstić information content (AvgIpc) is 2.62. The number of rotatable bonds is 7. The van der Waals surface area contributed by atoms with E-state index >= 15 is 0 Å². The molecule has 0 aliphatic carbocycles. The zero-order valence-electron chi connectivity index (χ0n) is 13.9. The van der Waals surface area contributed by atoms with E-state index < -0.39 is 0 Å². The average molecular weight is 338 g/mol. The van der Waals surface area contributed by atoms with Crippen molar-refractivity contribution in [1.29, 1.82) is 0 Å². The van der Waals surface area contributed by atoms with E-state index in [1.165, 1.54) is 17.7 Å². The van der Waals surface area contributed by atoms with Crippen molar-refractivity contribution in [1.82, 2.24) is 9.97 Å². The van der Waals surface area contributed by atoms with Crippen LogP contribution in [0.5, 0.6) is 5.75 Å². The summed E-state index contributed by atoms with van der Waals surface area (Å²) in [6.45, 7) is 0.691. The van der Waals surface area contributed by atoms with Gasteiger partial charge < -0.3 is 15.4 Å². The van der Waals surface area contributed by atoms with Gasteiger partial charge in [-0.25, -0.2) is 9.37 Å². The molecule has 2 N–H and O–H groups in total. The Morgan fingerprint density at radius 1 is 1.08 bits per heavy atom. The fourth-order valence-corrected chi connectivity index (χ4v) is 2.37. The Morgan fingerprint density at radius 2 is 1.96 bits per heavy atom. The summed E-state index contributed by atoms with van der Waals surface area (Å²) in [5.41, 5.74) is 1.81. The van der Waals surface area contributed by atoms with E-state index in [4.69, 9.17) is 4.74 Å². The molecule has 0 aliphatic heterocycles. The minimum absolute atomic E-state index is 0.296. The number of ether oxygens (including phenoxy) is 1. The maximum absolute atomic E-state index is 13.2. The Kier molecular flexibility index (Phi) is 5.41. The van der Waals surface area contributed by atoms with Crippen LogP contribution in [0.15, 0.2) is 60.8 Å². The third-order valence-corrected chi connectivity index (χ3v) is 3.58. The fraction of sp³-hybridized carbons (Fsp3) is 0.158. The van der Waals surface area contributed by atoms with E-state index in [9.17, 15) is 4.39 Å². The lowest BCUT2D eigenvalue weighted by atomic mass is 10.1. The molecule has 0 spiro atoms. The van der Waals surface area contributed by atoms with Crippen LogP contribution in [0.25, 0.3) is 0 Å². The van der Waals surface area contributed by atoms with Crippen molar-refractivity contribution in [2.75, 3.05) is 24.3 Å². The molecular weight excluding hydrogens is 319 g/mol. The third-order valence-electron chi connectivity index (χ3n) is 3.58. The molecule has 128 valence electrons. The largest absolute Gasteiger partial charge is 0.497 e. The van der Waals surface area contributed by atoms with Crippen molar-refractivity contribution in [2.24, 2.45) is 0 Å². The van der Waals surface area contributed by atoms with Gasteiger partial charge in [-0.3, -0.25) is 0 Å². The lowest BCUT2D eigenvalue weighted by Gasteiger charge is -2.09. The van der Waals surface area contributed by atoms with Crippen LogP contribution in [0.3, 0.4) is 0 Å². The second kappa shape index (κ2) is 8.10. The zero-order valence-corrected chi connectivity index (χ0v) is 13.9. The molecule has 5 nitrogen and oxygen atoms in total. The van der Waals surface area contributed by atoms with Gasteiger partial charge >= 0.3 is 0 Å². The Balaban J connectivity index is 1.58. The number of nitrogens with one attached hydrogen (secondary N) is 2. The molecule has 0 radical (unpaired) electrons. The Hall–Kier alpha value is -3.15. The molecule has 0 fully saturated rings. The maximum atomic E-state index is 13.2. The molecular formula is C19H19FN4O. The summed E-state index contributed by atoms with van der Waals surface area (Å²) in [4.78, 5) is 8.58. The predicted octanol–water partition coefficient (Wildman–Crippen LogP) is 4.02. The Morgan fingerprint density at radius 3 is 2.80 bits per heavy atom. The molecule has 3 rings (SSSR count). The van der Waals surface area contributed by atoms with Crippen LogP contribution in [0, 0.1) is 5.82 Å². The van der Waals surface area contributed by atoms with Crippen molar-refractivity contribution in [2.45, 2.75) is 6.42 Å². The number of hydrogen-bond donors (Lipinski definition) is 2. The molecule has 6 heteroatoms. The summed E-state index contributed by atoms with van der Waals surface area (Å²) in [5.74, 6) is 1.67. The molecule has 3 aromatic rings. The highest BCUT2D eigenvalue weighted by Gasteiger charge is 2.02. The summed E-state index contributed by atoms with van der Waals surface area (Å²) in [7, 11) is 1.66. The predicted molar refractivity (Wildman–Crippen MR) is 96.9 cm³/mol. The van der Waals surface area contributed by atoms with Crippen LogP contribution in [0.4, 0.5) is 21.8 Å². The molecule has 0 unspecified atom stereocenters. The van der Waals surface area contributed by atoms with Gasteiger partial charge in [0, 0.05) is 18.4 Å². The summed E-state index contributed by atoms with van der Waals surface area (Å²) in [6.07, 6.45) is 2.48. The summed E-state index contributed by atoms with van der Waals surface area (Å²) in [6, 6.07) is 15.9. The number of hydrogen-bond acceptors (Lipinski definition) is 5. The van der Waals surface area contributed by atoms with Crippen LogP contribution in [0.2, 0.25) is 0 Å². The number of benzene rings is 2. The quantitative estimate of drug-likeness (QED) is 0.681. The van der Waals surface area contributed by atoms with Crippen LogP contribution in [-0.4, -0.2) is 23.6 Å². The van der Waals surface area contributed by atoms with E-state index in [0.717, 1.165) is 12.2 Å². The first-order valence-electron chi connectivity index (χ1n) is 7.95. The van der Waals surface area contributed by atoms with Gasteiger partial charge in [-0.15, -0.1) is 0 Å². The molecule has 25 heavy (non-hydrogen) atoms. The van der Waals surface area contributed by atoms with Gasteiger partial charge in [0.05, 0.1) is 7.11 Å². The molecule has 0 atom stereocenters. The fourth-order valence-electron chi connectivity index (χ4n) is 2.37. The van der Waals surface area contributed by atoms with Gasteiger partial charge in [0.25, 0.3) is 0 Å². The number of nitrogens with zero attached hydrogens (tertiary/aromatic N) is 2. The third kappa shape index (κ3) is 4.91. The van der Waals surface area contributed by atoms with Crippen molar-refractivity contribution in [3.63, 3.8) is 0 Å². The molecule has 0 amide bonds. The molecule has 0 bridgehead atoms. The highest BCUT2D eigenvalue weighted by atomic mass is 19.1. The van der Waals surface area contributed by atoms with Crippen molar-refractivity contribution in [3.05, 3.63) is 72.2 Å². The molecule has 1 aromatic heterocycles. The van der Waals surface area contributed by atoms with E-state index in [0.29, 0.717) is 24.0 Å². The summed E-state index contributed by atoms with van der Waals surface area (Å²) < 4.78 is 18.5. The van der Waals surface area contributed by atoms with Crippen LogP contribution in [0.1, 0.15) is 5.56 Å². The molecule has 0 saturated heterocycles. The monoisotopic (exact) mass is 338 g/mol. The molecule has 0 aliphatic rings. The number of methoxy groups -OCH3 is 1. The normalized spacial score (nSPS) is 10.3. The number of anilines is 3.